The number of aryl methyl sites for hydroxylation is 2. The topological polar surface area (TPSA) is 87.4 Å². The molecule has 0 aromatic carbocycles. The number of nitrogens with one attached hydrogen (secondary N) is 2. The first kappa shape index (κ1) is 16.5. The summed E-state index contributed by atoms with van der Waals surface area (Å²) in [7, 11) is 0. The number of amides is 2. The molecule has 1 rings (SSSR count). The van der Waals surface area contributed by atoms with Gasteiger partial charge in [0.2, 0.25) is 0 Å². The maximum atomic E-state index is 12.0. The Bertz CT molecular complexity index is 425. The van der Waals surface area contributed by atoms with Crippen LogP contribution in [-0.2, 0) is 0 Å². The summed E-state index contributed by atoms with van der Waals surface area (Å²) in [5, 5.41) is 18.8. The highest BCUT2D eigenvalue weighted by atomic mass is 16.5. The Labute approximate surface area is 119 Å². The molecule has 1 aromatic heterocycles. The maximum absolute atomic E-state index is 12.0. The largest absolute Gasteiger partial charge is 0.396 e. The number of hydrogen-bond acceptors (Lipinski definition) is 4. The van der Waals surface area contributed by atoms with Crippen molar-refractivity contribution in [3.05, 3.63) is 17.0 Å². The van der Waals surface area contributed by atoms with E-state index in [1.165, 1.54) is 0 Å². The molecular formula is C14H25N3O3. The Hall–Kier alpha value is -1.56. The molecule has 6 nitrogen and oxygen atoms in total. The van der Waals surface area contributed by atoms with Gasteiger partial charge < -0.3 is 20.3 Å². The lowest BCUT2D eigenvalue weighted by Gasteiger charge is -2.22. The number of aromatic nitrogens is 1. The minimum absolute atomic E-state index is 0.0138. The fourth-order valence-corrected chi connectivity index (χ4v) is 2.07. The van der Waals surface area contributed by atoms with Crippen molar-refractivity contribution >= 4 is 6.03 Å². The average molecular weight is 283 g/mol. The molecule has 0 aliphatic rings. The van der Waals surface area contributed by atoms with Crippen molar-refractivity contribution in [1.29, 1.82) is 0 Å². The number of hydrogen-bond donors (Lipinski definition) is 3. The van der Waals surface area contributed by atoms with E-state index in [4.69, 9.17) is 9.63 Å². The summed E-state index contributed by atoms with van der Waals surface area (Å²) in [4.78, 5) is 12.0. The molecule has 0 fully saturated rings. The van der Waals surface area contributed by atoms with Gasteiger partial charge in [-0.2, -0.15) is 0 Å². The van der Waals surface area contributed by atoms with Crippen molar-refractivity contribution in [1.82, 2.24) is 15.8 Å². The van der Waals surface area contributed by atoms with Crippen LogP contribution in [0.3, 0.4) is 0 Å². The molecule has 3 unspecified atom stereocenters. The number of aliphatic hydroxyl groups excluding tert-OH is 1. The van der Waals surface area contributed by atoms with E-state index in [2.05, 4.69) is 15.8 Å². The van der Waals surface area contributed by atoms with Crippen molar-refractivity contribution in [2.75, 3.05) is 6.61 Å². The van der Waals surface area contributed by atoms with Gasteiger partial charge in [-0.1, -0.05) is 19.0 Å². The highest BCUT2D eigenvalue weighted by Gasteiger charge is 2.22. The molecule has 1 aromatic rings. The van der Waals surface area contributed by atoms with Gasteiger partial charge in [-0.05, 0) is 33.1 Å². The molecule has 114 valence electrons. The summed E-state index contributed by atoms with van der Waals surface area (Å²) < 4.78 is 5.14. The minimum Gasteiger partial charge on any atom is -0.396 e. The molecule has 0 aliphatic carbocycles. The second kappa shape index (κ2) is 7.28. The average Bonchev–Trinajstić information content (AvgIpc) is 2.74. The summed E-state index contributed by atoms with van der Waals surface area (Å²) in [5.74, 6) is 0.742. The Morgan fingerprint density at radius 2 is 2.00 bits per heavy atom. The number of nitrogens with zero attached hydrogens (tertiary/aromatic N) is 1. The smallest absolute Gasteiger partial charge is 0.315 e. The van der Waals surface area contributed by atoms with Crippen LogP contribution >= 0.6 is 0 Å². The molecule has 0 saturated carbocycles. The van der Waals surface area contributed by atoms with E-state index in [1.807, 2.05) is 34.6 Å². The summed E-state index contributed by atoms with van der Waals surface area (Å²) in [5.41, 5.74) is 1.73. The van der Waals surface area contributed by atoms with Gasteiger partial charge in [0.05, 0.1) is 11.7 Å². The van der Waals surface area contributed by atoms with Crippen molar-refractivity contribution < 1.29 is 14.4 Å². The van der Waals surface area contributed by atoms with Gasteiger partial charge in [0.1, 0.15) is 5.76 Å². The Morgan fingerprint density at radius 3 is 2.45 bits per heavy atom. The maximum Gasteiger partial charge on any atom is 0.315 e. The fourth-order valence-electron chi connectivity index (χ4n) is 2.07. The Morgan fingerprint density at radius 1 is 1.35 bits per heavy atom. The van der Waals surface area contributed by atoms with Crippen LogP contribution in [0.4, 0.5) is 4.79 Å². The van der Waals surface area contributed by atoms with Gasteiger partial charge in [0, 0.05) is 18.2 Å². The quantitative estimate of drug-likeness (QED) is 0.745. The van der Waals surface area contributed by atoms with Crippen LogP contribution in [0.25, 0.3) is 0 Å². The number of rotatable bonds is 6. The summed E-state index contributed by atoms with van der Waals surface area (Å²) in [6.45, 7) is 9.51. The Kier molecular flexibility index (Phi) is 6.01. The normalized spacial score (nSPS) is 15.5. The molecule has 0 radical (unpaired) electrons. The molecule has 2 amide bonds. The number of aliphatic hydroxyl groups is 1. The van der Waals surface area contributed by atoms with Gasteiger partial charge in [0.15, 0.2) is 0 Å². The fraction of sp³-hybridized carbons (Fsp3) is 0.714. The Balaban J connectivity index is 2.68. The third kappa shape index (κ3) is 3.96. The van der Waals surface area contributed by atoms with Gasteiger partial charge in [0.25, 0.3) is 0 Å². The SMILES string of the molecule is CCC(NC(=O)NC(C)C(C)CO)c1c(C)noc1C. The lowest BCUT2D eigenvalue weighted by atomic mass is 10.0. The van der Waals surface area contributed by atoms with Crippen molar-refractivity contribution in [3.63, 3.8) is 0 Å². The molecule has 3 atom stereocenters. The van der Waals surface area contributed by atoms with Crippen LogP contribution in [0, 0.1) is 19.8 Å². The van der Waals surface area contributed by atoms with Crippen LogP contribution in [0.15, 0.2) is 4.52 Å². The van der Waals surface area contributed by atoms with Crippen LogP contribution in [-0.4, -0.2) is 28.9 Å². The zero-order chi connectivity index (χ0) is 15.3. The van der Waals surface area contributed by atoms with E-state index < -0.39 is 0 Å². The first-order chi connectivity index (χ1) is 9.40. The van der Waals surface area contributed by atoms with E-state index in [9.17, 15) is 4.79 Å². The molecule has 0 spiro atoms. The highest BCUT2D eigenvalue weighted by molar-refractivity contribution is 5.74. The predicted molar refractivity (Wildman–Crippen MR) is 76.4 cm³/mol. The molecule has 0 aliphatic heterocycles. The zero-order valence-electron chi connectivity index (χ0n) is 12.9. The monoisotopic (exact) mass is 283 g/mol. The molecule has 20 heavy (non-hydrogen) atoms. The second-order valence-corrected chi connectivity index (χ2v) is 5.27. The molecular weight excluding hydrogens is 258 g/mol. The molecule has 3 N–H and O–H groups in total. The second-order valence-electron chi connectivity index (χ2n) is 5.27. The summed E-state index contributed by atoms with van der Waals surface area (Å²) in [6, 6.07) is -0.468. The van der Waals surface area contributed by atoms with Crippen LogP contribution in [0.5, 0.6) is 0 Å². The van der Waals surface area contributed by atoms with E-state index in [-0.39, 0.29) is 30.6 Å². The lowest BCUT2D eigenvalue weighted by molar-refractivity contribution is 0.199. The summed E-state index contributed by atoms with van der Waals surface area (Å²) >= 11 is 0. The zero-order valence-corrected chi connectivity index (χ0v) is 12.9. The first-order valence-corrected chi connectivity index (χ1v) is 7.01. The first-order valence-electron chi connectivity index (χ1n) is 7.01. The molecule has 1 heterocycles. The van der Waals surface area contributed by atoms with E-state index in [0.29, 0.717) is 0 Å². The van der Waals surface area contributed by atoms with Gasteiger partial charge in [-0.3, -0.25) is 0 Å². The van der Waals surface area contributed by atoms with Crippen molar-refractivity contribution in [2.45, 2.75) is 53.1 Å². The standard InChI is InChI=1S/C14H25N3O3/c1-6-12(13-10(4)17-20-11(13)5)16-14(19)15-9(3)8(2)7-18/h8-9,12,18H,6-7H2,1-5H3,(H2,15,16,19). The number of carbonyl (C=O) groups is 1. The van der Waals surface area contributed by atoms with Gasteiger partial charge in [-0.15, -0.1) is 0 Å². The van der Waals surface area contributed by atoms with Gasteiger partial charge >= 0.3 is 6.03 Å². The molecule has 0 bridgehead atoms. The number of carbonyl (C=O) groups excluding carboxylic acids is 1. The summed E-state index contributed by atoms with van der Waals surface area (Å²) in [6.07, 6.45) is 0.750. The van der Waals surface area contributed by atoms with Crippen molar-refractivity contribution in [2.24, 2.45) is 5.92 Å². The van der Waals surface area contributed by atoms with Crippen molar-refractivity contribution in [3.8, 4) is 0 Å². The van der Waals surface area contributed by atoms with E-state index >= 15 is 0 Å². The highest BCUT2D eigenvalue weighted by Crippen LogP contribution is 2.23. The molecule has 0 saturated heterocycles. The van der Waals surface area contributed by atoms with Gasteiger partial charge in [-0.25, -0.2) is 4.79 Å². The molecule has 6 heteroatoms. The third-order valence-corrected chi connectivity index (χ3v) is 3.65. The minimum atomic E-state index is -0.246. The third-order valence-electron chi connectivity index (χ3n) is 3.65. The lowest BCUT2D eigenvalue weighted by Crippen LogP contribution is -2.45. The number of urea groups is 1. The predicted octanol–water partition coefficient (Wildman–Crippen LogP) is 2.06. The van der Waals surface area contributed by atoms with Crippen LogP contribution in [0.1, 0.15) is 50.3 Å². The van der Waals surface area contributed by atoms with E-state index in [1.54, 1.807) is 0 Å². The van der Waals surface area contributed by atoms with Crippen LogP contribution in [0.2, 0.25) is 0 Å². The van der Waals surface area contributed by atoms with E-state index in [0.717, 1.165) is 23.4 Å². The van der Waals surface area contributed by atoms with Crippen LogP contribution < -0.4 is 10.6 Å².